The highest BCUT2D eigenvalue weighted by Gasteiger charge is 2.27. The number of rotatable bonds is 2. The van der Waals surface area contributed by atoms with E-state index in [2.05, 4.69) is 72.3 Å². The first-order chi connectivity index (χ1) is 13.0. The zero-order valence-corrected chi connectivity index (χ0v) is 20.4. The molecule has 0 aliphatic carbocycles. The van der Waals surface area contributed by atoms with Crippen molar-refractivity contribution in [3.8, 4) is 6.07 Å². The summed E-state index contributed by atoms with van der Waals surface area (Å²) in [4.78, 5) is 12.7. The molecule has 0 N–H and O–H groups in total. The van der Waals surface area contributed by atoms with Gasteiger partial charge in [0.25, 0.3) is 0 Å². The maximum Gasteiger partial charge on any atom is 0.307 e. The van der Waals surface area contributed by atoms with E-state index >= 15 is 0 Å². The summed E-state index contributed by atoms with van der Waals surface area (Å²) in [7, 11) is -2.98. The Labute approximate surface area is 174 Å². The van der Waals surface area contributed by atoms with Crippen LogP contribution >= 0.6 is 22.7 Å². The van der Waals surface area contributed by atoms with E-state index in [9.17, 15) is 5.26 Å². The molecule has 1 aromatic carbocycles. The first-order valence-corrected chi connectivity index (χ1v) is 17.7. The van der Waals surface area contributed by atoms with Crippen molar-refractivity contribution in [1.29, 1.82) is 5.26 Å². The molecule has 0 fully saturated rings. The maximum atomic E-state index is 9.46. The normalized spacial score (nSPS) is 12.6. The summed E-state index contributed by atoms with van der Waals surface area (Å²) < 4.78 is 5.36. The third-order valence-electron chi connectivity index (χ3n) is 4.75. The predicted molar refractivity (Wildman–Crippen MR) is 127 cm³/mol. The van der Waals surface area contributed by atoms with Crippen molar-refractivity contribution in [2.75, 3.05) is 0 Å². The Hall–Kier alpha value is -2.11. The lowest BCUT2D eigenvalue weighted by Crippen LogP contribution is -2.34. The number of aromatic nitrogens is 2. The van der Waals surface area contributed by atoms with Crippen molar-refractivity contribution in [3.05, 3.63) is 29.2 Å². The summed E-state index contributed by atoms with van der Waals surface area (Å²) in [6.45, 7) is 21.5. The Balaban J connectivity index is 2.27. The zero-order chi connectivity index (χ0) is 20.4. The largest absolute Gasteiger partial charge is 0.358 e. The molecule has 0 saturated heterocycles. The van der Waals surface area contributed by atoms with Crippen LogP contribution in [0.15, 0.2) is 12.1 Å². The molecule has 0 radical (unpaired) electrons. The molecule has 0 bridgehead atoms. The van der Waals surface area contributed by atoms with Gasteiger partial charge in [0.1, 0.15) is 11.6 Å². The molecule has 8 heteroatoms. The fraction of sp³-hybridized carbons (Fsp3) is 0.300. The van der Waals surface area contributed by atoms with Gasteiger partial charge in [-0.15, -0.1) is 27.7 Å². The molecular weight excluding hydrogens is 417 g/mol. The van der Waals surface area contributed by atoms with E-state index in [-0.39, 0.29) is 11.5 Å². The van der Waals surface area contributed by atoms with Crippen molar-refractivity contribution in [2.45, 2.75) is 39.3 Å². The molecule has 4 rings (SSSR count). The molecule has 0 saturated carbocycles. The second kappa shape index (κ2) is 6.20. The van der Waals surface area contributed by atoms with Gasteiger partial charge in [-0.3, -0.25) is 0 Å². The zero-order valence-electron chi connectivity index (χ0n) is 16.8. The molecule has 0 aliphatic heterocycles. The topological polar surface area (TPSA) is 53.9 Å². The van der Waals surface area contributed by atoms with Gasteiger partial charge in [0.2, 0.25) is 0 Å². The van der Waals surface area contributed by atoms with Crippen LogP contribution < -0.4 is 9.00 Å². The smallest absolute Gasteiger partial charge is 0.307 e. The highest BCUT2D eigenvalue weighted by molar-refractivity contribution is 7.37. The molecule has 0 atom stereocenters. The fourth-order valence-corrected chi connectivity index (χ4v) is 9.36. The van der Waals surface area contributed by atoms with Gasteiger partial charge in [-0.25, -0.2) is 4.98 Å². The van der Waals surface area contributed by atoms with Crippen molar-refractivity contribution in [1.82, 2.24) is 9.97 Å². The van der Waals surface area contributed by atoms with Crippen molar-refractivity contribution in [2.24, 2.45) is 0 Å². The molecule has 4 aromatic rings. The fourth-order valence-electron chi connectivity index (χ4n) is 3.17. The van der Waals surface area contributed by atoms with Crippen molar-refractivity contribution < 1.29 is 0 Å². The minimum absolute atomic E-state index is 0.0945. The summed E-state index contributed by atoms with van der Waals surface area (Å²) in [5.74, 6) is 0.0945. The van der Waals surface area contributed by atoms with Crippen LogP contribution in [0.3, 0.4) is 0 Å². The molecular formula is C20H20N4S2Si2. The van der Waals surface area contributed by atoms with Gasteiger partial charge in [-0.2, -0.15) is 5.26 Å². The standard InChI is InChI=1S/C20H20N4S2Si2/c1-22-20-13(10-21)23-16-11-8-14(27(2,3)4)25-18(11)19-12(17(16)24-20)9-15(26-19)28(5,6)7/h8-9H,2-7H3. The van der Waals surface area contributed by atoms with E-state index in [1.165, 1.54) is 18.4 Å². The summed E-state index contributed by atoms with van der Waals surface area (Å²) in [6, 6.07) is 6.57. The minimum Gasteiger partial charge on any atom is -0.358 e. The van der Waals surface area contributed by atoms with Crippen LogP contribution in [0.5, 0.6) is 0 Å². The monoisotopic (exact) mass is 436 g/mol. The number of fused-ring (bicyclic) bond motifs is 6. The first kappa shape index (κ1) is 19.2. The molecule has 4 nitrogen and oxygen atoms in total. The lowest BCUT2D eigenvalue weighted by atomic mass is 10.1. The molecule has 140 valence electrons. The van der Waals surface area contributed by atoms with E-state index < -0.39 is 16.1 Å². The lowest BCUT2D eigenvalue weighted by Gasteiger charge is -2.12. The number of hydrogen-bond acceptors (Lipinski definition) is 5. The van der Waals surface area contributed by atoms with Crippen LogP contribution in [0.25, 0.3) is 36.1 Å². The van der Waals surface area contributed by atoms with Gasteiger partial charge in [0.15, 0.2) is 11.2 Å². The average molecular weight is 437 g/mol. The van der Waals surface area contributed by atoms with Gasteiger partial charge >= 0.3 is 5.82 Å². The summed E-state index contributed by atoms with van der Waals surface area (Å²) in [5.41, 5.74) is 1.63. The van der Waals surface area contributed by atoms with Crippen LogP contribution in [0, 0.1) is 17.9 Å². The van der Waals surface area contributed by atoms with Gasteiger partial charge < -0.3 is 4.85 Å². The van der Waals surface area contributed by atoms with Crippen LogP contribution in [-0.4, -0.2) is 26.1 Å². The Bertz CT molecular complexity index is 1250. The quantitative estimate of drug-likeness (QED) is 0.305. The average Bonchev–Trinajstić information content (AvgIpc) is 3.24. The van der Waals surface area contributed by atoms with Crippen LogP contribution in [0.1, 0.15) is 5.69 Å². The second-order valence-electron chi connectivity index (χ2n) is 9.02. The molecule has 3 heterocycles. The van der Waals surface area contributed by atoms with E-state index in [0.29, 0.717) is 0 Å². The number of hydrogen-bond donors (Lipinski definition) is 0. The molecule has 0 unspecified atom stereocenters. The van der Waals surface area contributed by atoms with Crippen molar-refractivity contribution in [3.63, 3.8) is 0 Å². The molecule has 0 aliphatic rings. The number of thiophene rings is 2. The van der Waals surface area contributed by atoms with Crippen LogP contribution in [0.4, 0.5) is 5.82 Å². The van der Waals surface area contributed by atoms with Gasteiger partial charge in [-0.05, 0) is 21.1 Å². The summed E-state index contributed by atoms with van der Waals surface area (Å²) >= 11 is 3.75. The maximum absolute atomic E-state index is 9.46. The Morgan fingerprint density at radius 2 is 1.36 bits per heavy atom. The number of nitriles is 1. The van der Waals surface area contributed by atoms with Gasteiger partial charge in [0.05, 0.1) is 25.5 Å². The highest BCUT2D eigenvalue weighted by Crippen LogP contribution is 2.40. The van der Waals surface area contributed by atoms with E-state index in [1.807, 2.05) is 22.7 Å². The molecule has 28 heavy (non-hydrogen) atoms. The number of benzene rings is 1. The SMILES string of the molecule is [C-]#[N+]c1nc2c3cc([Si](C)(C)C)sc3c3sc([Si](C)(C)C)cc3c2nc1C#N. The van der Waals surface area contributed by atoms with Gasteiger partial charge in [0, 0.05) is 10.8 Å². The Morgan fingerprint density at radius 3 is 1.75 bits per heavy atom. The molecule has 3 aromatic heterocycles. The minimum atomic E-state index is -1.49. The lowest BCUT2D eigenvalue weighted by molar-refractivity contribution is 1.27. The van der Waals surface area contributed by atoms with Crippen LogP contribution in [0.2, 0.25) is 39.3 Å². The van der Waals surface area contributed by atoms with Crippen molar-refractivity contribution >= 4 is 84.8 Å². The highest BCUT2D eigenvalue weighted by atomic mass is 32.1. The Morgan fingerprint density at radius 1 is 0.893 bits per heavy atom. The van der Waals surface area contributed by atoms with E-state index in [1.54, 1.807) is 0 Å². The second-order valence-corrected chi connectivity index (χ2v) is 21.9. The summed E-state index contributed by atoms with van der Waals surface area (Å²) in [5, 5.41) is 11.6. The first-order valence-electron chi connectivity index (χ1n) is 9.04. The molecule has 0 spiro atoms. The van der Waals surface area contributed by atoms with Gasteiger partial charge in [-0.1, -0.05) is 45.9 Å². The predicted octanol–water partition coefficient (Wildman–Crippen LogP) is 5.57. The van der Waals surface area contributed by atoms with E-state index in [4.69, 9.17) is 6.57 Å². The third kappa shape index (κ3) is 2.88. The van der Waals surface area contributed by atoms with Crippen LogP contribution in [-0.2, 0) is 0 Å². The summed E-state index contributed by atoms with van der Waals surface area (Å²) in [6.07, 6.45) is 0. The third-order valence-corrected chi connectivity index (χ3v) is 14.3. The Kier molecular flexibility index (Phi) is 4.25. The van der Waals surface area contributed by atoms with E-state index in [0.717, 1.165) is 21.8 Å². The molecule has 0 amide bonds. The number of nitrogens with zero attached hydrogens (tertiary/aromatic N) is 4.